The maximum atomic E-state index is 12.3. The summed E-state index contributed by atoms with van der Waals surface area (Å²) >= 11 is 12.0. The lowest BCUT2D eigenvalue weighted by molar-refractivity contribution is 0.0993. The molecular formula is C18H18Cl2O. The van der Waals surface area contributed by atoms with Crippen LogP contribution in [0.25, 0.3) is 0 Å². The second kappa shape index (κ2) is 6.21. The molecule has 0 heterocycles. The number of halogens is 2. The zero-order chi connectivity index (χ0) is 15.6. The van der Waals surface area contributed by atoms with E-state index in [1.54, 1.807) is 18.2 Å². The number of rotatable bonds is 3. The fraction of sp³-hybridized carbons (Fsp3) is 0.278. The summed E-state index contributed by atoms with van der Waals surface area (Å²) in [6, 6.07) is 13.1. The van der Waals surface area contributed by atoms with Crippen molar-refractivity contribution in [3.05, 3.63) is 69.2 Å². The summed E-state index contributed by atoms with van der Waals surface area (Å²) in [6.45, 7) is 6.50. The maximum absolute atomic E-state index is 12.3. The van der Waals surface area contributed by atoms with Crippen molar-refractivity contribution < 1.29 is 4.79 Å². The van der Waals surface area contributed by atoms with Gasteiger partial charge in [0.2, 0.25) is 0 Å². The van der Waals surface area contributed by atoms with E-state index in [1.807, 2.05) is 12.1 Å². The van der Waals surface area contributed by atoms with Gasteiger partial charge in [0, 0.05) is 17.0 Å². The third-order valence-corrected chi connectivity index (χ3v) is 3.98. The fourth-order valence-corrected chi connectivity index (χ4v) is 2.51. The number of hydrogen-bond acceptors (Lipinski definition) is 1. The number of hydrogen-bond donors (Lipinski definition) is 0. The van der Waals surface area contributed by atoms with E-state index >= 15 is 0 Å². The molecule has 0 unspecified atom stereocenters. The SMILES string of the molecule is CC(C)(C)c1ccc(CC(=O)c2cc(Cl)ccc2Cl)cc1. The van der Waals surface area contributed by atoms with Crippen LogP contribution in [0.15, 0.2) is 42.5 Å². The number of benzene rings is 2. The summed E-state index contributed by atoms with van der Waals surface area (Å²) < 4.78 is 0. The van der Waals surface area contributed by atoms with Gasteiger partial charge < -0.3 is 0 Å². The van der Waals surface area contributed by atoms with E-state index in [0.29, 0.717) is 22.0 Å². The molecule has 2 aromatic carbocycles. The smallest absolute Gasteiger partial charge is 0.168 e. The number of Topliss-reactive ketones (excluding diaryl/α,β-unsaturated/α-hetero) is 1. The fourth-order valence-electron chi connectivity index (χ4n) is 2.11. The molecule has 0 aliphatic rings. The van der Waals surface area contributed by atoms with Crippen molar-refractivity contribution in [2.45, 2.75) is 32.6 Å². The lowest BCUT2D eigenvalue weighted by Crippen LogP contribution is -2.11. The Morgan fingerprint density at radius 2 is 1.62 bits per heavy atom. The first kappa shape index (κ1) is 16.1. The van der Waals surface area contributed by atoms with E-state index in [-0.39, 0.29) is 11.2 Å². The predicted octanol–water partition coefficient (Wildman–Crippen LogP) is 5.72. The first-order chi connectivity index (χ1) is 9.77. The molecule has 21 heavy (non-hydrogen) atoms. The predicted molar refractivity (Wildman–Crippen MR) is 89.6 cm³/mol. The largest absolute Gasteiger partial charge is 0.294 e. The van der Waals surface area contributed by atoms with Crippen LogP contribution in [0.1, 0.15) is 42.3 Å². The van der Waals surface area contributed by atoms with Gasteiger partial charge in [0.05, 0.1) is 5.02 Å². The minimum atomic E-state index is -0.0222. The van der Waals surface area contributed by atoms with Crippen LogP contribution < -0.4 is 0 Å². The first-order valence-corrected chi connectivity index (χ1v) is 7.60. The highest BCUT2D eigenvalue weighted by Crippen LogP contribution is 2.24. The van der Waals surface area contributed by atoms with Crippen molar-refractivity contribution in [2.24, 2.45) is 0 Å². The maximum Gasteiger partial charge on any atom is 0.168 e. The van der Waals surface area contributed by atoms with E-state index in [4.69, 9.17) is 23.2 Å². The Morgan fingerprint density at radius 3 is 2.19 bits per heavy atom. The Hall–Kier alpha value is -1.31. The van der Waals surface area contributed by atoms with Crippen LogP contribution >= 0.6 is 23.2 Å². The van der Waals surface area contributed by atoms with Crippen LogP contribution in [0.4, 0.5) is 0 Å². The molecule has 3 heteroatoms. The summed E-state index contributed by atoms with van der Waals surface area (Å²) in [5.41, 5.74) is 2.81. The van der Waals surface area contributed by atoms with Gasteiger partial charge in [-0.1, -0.05) is 68.2 Å². The molecule has 1 nitrogen and oxygen atoms in total. The molecule has 0 aliphatic heterocycles. The molecule has 0 aliphatic carbocycles. The van der Waals surface area contributed by atoms with E-state index in [1.165, 1.54) is 5.56 Å². The number of carbonyl (C=O) groups excluding carboxylic acids is 1. The molecule has 2 rings (SSSR count). The van der Waals surface area contributed by atoms with E-state index in [2.05, 4.69) is 32.9 Å². The summed E-state index contributed by atoms with van der Waals surface area (Å²) in [4.78, 5) is 12.3. The Bertz CT molecular complexity index is 652. The first-order valence-electron chi connectivity index (χ1n) is 6.85. The molecule has 0 spiro atoms. The zero-order valence-electron chi connectivity index (χ0n) is 12.4. The molecule has 0 atom stereocenters. The topological polar surface area (TPSA) is 17.1 Å². The van der Waals surface area contributed by atoms with Crippen LogP contribution in [-0.4, -0.2) is 5.78 Å². The normalized spacial score (nSPS) is 11.5. The Labute approximate surface area is 135 Å². The summed E-state index contributed by atoms with van der Waals surface area (Å²) in [6.07, 6.45) is 0.324. The molecule has 0 fully saturated rings. The lowest BCUT2D eigenvalue weighted by Gasteiger charge is -2.19. The van der Waals surface area contributed by atoms with E-state index in [9.17, 15) is 4.79 Å². The average molecular weight is 321 g/mol. The third kappa shape index (κ3) is 4.09. The van der Waals surface area contributed by atoms with Crippen molar-refractivity contribution in [3.8, 4) is 0 Å². The highest BCUT2D eigenvalue weighted by molar-refractivity contribution is 6.35. The molecule has 0 bridgehead atoms. The Kier molecular flexibility index (Phi) is 4.75. The zero-order valence-corrected chi connectivity index (χ0v) is 13.9. The van der Waals surface area contributed by atoms with Crippen molar-refractivity contribution >= 4 is 29.0 Å². The Morgan fingerprint density at radius 1 is 1.00 bits per heavy atom. The van der Waals surface area contributed by atoms with E-state index in [0.717, 1.165) is 5.56 Å². The van der Waals surface area contributed by atoms with Crippen LogP contribution in [0.2, 0.25) is 10.0 Å². The van der Waals surface area contributed by atoms with Gasteiger partial charge in [0.25, 0.3) is 0 Å². The highest BCUT2D eigenvalue weighted by Gasteiger charge is 2.15. The van der Waals surface area contributed by atoms with Crippen molar-refractivity contribution in [2.75, 3.05) is 0 Å². The van der Waals surface area contributed by atoms with Gasteiger partial charge in [0.1, 0.15) is 0 Å². The van der Waals surface area contributed by atoms with Gasteiger partial charge in [0.15, 0.2) is 5.78 Å². The third-order valence-electron chi connectivity index (χ3n) is 3.41. The van der Waals surface area contributed by atoms with Crippen LogP contribution in [0.3, 0.4) is 0 Å². The summed E-state index contributed by atoms with van der Waals surface area (Å²) in [5.74, 6) is -0.0222. The van der Waals surface area contributed by atoms with Gasteiger partial charge in [-0.05, 0) is 34.7 Å². The molecule has 2 aromatic rings. The highest BCUT2D eigenvalue weighted by atomic mass is 35.5. The molecule has 0 radical (unpaired) electrons. The van der Waals surface area contributed by atoms with Crippen LogP contribution in [-0.2, 0) is 11.8 Å². The molecule has 0 saturated carbocycles. The van der Waals surface area contributed by atoms with E-state index < -0.39 is 0 Å². The minimum Gasteiger partial charge on any atom is -0.294 e. The van der Waals surface area contributed by atoms with Gasteiger partial charge in [-0.15, -0.1) is 0 Å². The molecule has 110 valence electrons. The van der Waals surface area contributed by atoms with Gasteiger partial charge >= 0.3 is 0 Å². The molecule has 0 saturated heterocycles. The second-order valence-corrected chi connectivity index (χ2v) is 7.01. The quantitative estimate of drug-likeness (QED) is 0.661. The minimum absolute atomic E-state index is 0.0222. The monoisotopic (exact) mass is 320 g/mol. The van der Waals surface area contributed by atoms with Gasteiger partial charge in [-0.25, -0.2) is 0 Å². The molecule has 0 N–H and O–H groups in total. The second-order valence-electron chi connectivity index (χ2n) is 6.17. The van der Waals surface area contributed by atoms with Gasteiger partial charge in [-0.2, -0.15) is 0 Å². The standard InChI is InChI=1S/C18H18Cl2O/c1-18(2,3)13-6-4-12(5-7-13)10-17(21)15-11-14(19)8-9-16(15)20/h4-9,11H,10H2,1-3H3. The van der Waals surface area contributed by atoms with Crippen LogP contribution in [0, 0.1) is 0 Å². The summed E-state index contributed by atoms with van der Waals surface area (Å²) in [7, 11) is 0. The van der Waals surface area contributed by atoms with Crippen molar-refractivity contribution in [3.63, 3.8) is 0 Å². The van der Waals surface area contributed by atoms with Gasteiger partial charge in [-0.3, -0.25) is 4.79 Å². The lowest BCUT2D eigenvalue weighted by atomic mass is 9.86. The van der Waals surface area contributed by atoms with Crippen molar-refractivity contribution in [1.82, 2.24) is 0 Å². The Balaban J connectivity index is 2.18. The summed E-state index contributed by atoms with van der Waals surface area (Å²) in [5, 5.41) is 0.960. The number of ketones is 1. The molecule has 0 amide bonds. The number of carbonyl (C=O) groups is 1. The van der Waals surface area contributed by atoms with Crippen molar-refractivity contribution in [1.29, 1.82) is 0 Å². The molecule has 0 aromatic heterocycles. The molecular weight excluding hydrogens is 303 g/mol. The van der Waals surface area contributed by atoms with Crippen LogP contribution in [0.5, 0.6) is 0 Å². The average Bonchev–Trinajstić information content (AvgIpc) is 2.41.